The predicted octanol–water partition coefficient (Wildman–Crippen LogP) is 0.886. The molecule has 1 unspecified atom stereocenters. The lowest BCUT2D eigenvalue weighted by Gasteiger charge is -2.29. The van der Waals surface area contributed by atoms with Crippen molar-refractivity contribution < 1.29 is 9.90 Å². The van der Waals surface area contributed by atoms with E-state index in [1.807, 2.05) is 0 Å². The van der Waals surface area contributed by atoms with Crippen molar-refractivity contribution in [1.82, 2.24) is 9.88 Å². The lowest BCUT2D eigenvalue weighted by Crippen LogP contribution is -2.52. The van der Waals surface area contributed by atoms with E-state index in [0.717, 1.165) is 4.47 Å². The van der Waals surface area contributed by atoms with Crippen molar-refractivity contribution in [2.45, 2.75) is 39.0 Å². The number of hydrogen-bond donors (Lipinski definition) is 2. The third-order valence-corrected chi connectivity index (χ3v) is 3.24. The van der Waals surface area contributed by atoms with Gasteiger partial charge in [-0.25, -0.2) is 0 Å². The van der Waals surface area contributed by atoms with Gasteiger partial charge in [0.25, 0.3) is 5.56 Å². The molecule has 1 amide bonds. The van der Waals surface area contributed by atoms with Crippen LogP contribution < -0.4 is 10.9 Å². The molecule has 0 aromatic carbocycles. The molecule has 5 nitrogen and oxygen atoms in total. The summed E-state index contributed by atoms with van der Waals surface area (Å²) in [5.41, 5.74) is -0.976. The largest absolute Gasteiger partial charge is 0.391 e. The fourth-order valence-corrected chi connectivity index (χ4v) is 1.66. The van der Waals surface area contributed by atoms with Crippen LogP contribution in [0.1, 0.15) is 20.8 Å². The highest BCUT2D eigenvalue weighted by Crippen LogP contribution is 2.08. The molecule has 0 bridgehead atoms. The molecule has 6 heteroatoms. The van der Waals surface area contributed by atoms with Gasteiger partial charge in [-0.3, -0.25) is 9.59 Å². The van der Waals surface area contributed by atoms with E-state index >= 15 is 0 Å². The van der Waals surface area contributed by atoms with E-state index in [2.05, 4.69) is 21.2 Å². The van der Waals surface area contributed by atoms with Gasteiger partial charge in [-0.05, 0) is 42.8 Å². The van der Waals surface area contributed by atoms with Crippen LogP contribution in [0.5, 0.6) is 0 Å². The molecule has 0 aliphatic rings. The maximum atomic E-state index is 11.8. The zero-order chi connectivity index (χ0) is 13.9. The third kappa shape index (κ3) is 3.96. The number of hydrogen-bond acceptors (Lipinski definition) is 3. The minimum atomic E-state index is -0.729. The summed E-state index contributed by atoms with van der Waals surface area (Å²) in [6.45, 7) is 4.97. The molecular weight excluding hydrogens is 300 g/mol. The summed E-state index contributed by atoms with van der Waals surface area (Å²) in [5, 5.41) is 12.2. The highest BCUT2D eigenvalue weighted by Gasteiger charge is 2.25. The number of aliphatic hydroxyl groups is 1. The van der Waals surface area contributed by atoms with E-state index in [4.69, 9.17) is 0 Å². The van der Waals surface area contributed by atoms with Crippen molar-refractivity contribution in [3.63, 3.8) is 0 Å². The Balaban J connectivity index is 2.77. The number of aliphatic hydroxyl groups excluding tert-OH is 1. The van der Waals surface area contributed by atoms with Crippen molar-refractivity contribution in [1.29, 1.82) is 0 Å². The standard InChI is InChI=1S/C12H17BrN2O3/c1-8(16)12(2,3)14-10(17)7-15-6-9(13)4-5-11(15)18/h4-6,8,16H,7H2,1-3H3,(H,14,17). The number of amides is 1. The summed E-state index contributed by atoms with van der Waals surface area (Å²) < 4.78 is 2.03. The summed E-state index contributed by atoms with van der Waals surface area (Å²) in [7, 11) is 0. The van der Waals surface area contributed by atoms with Crippen LogP contribution in [0, 0.1) is 0 Å². The Morgan fingerprint density at radius 1 is 1.56 bits per heavy atom. The van der Waals surface area contributed by atoms with Crippen LogP contribution in [0.15, 0.2) is 27.6 Å². The zero-order valence-electron chi connectivity index (χ0n) is 10.6. The summed E-state index contributed by atoms with van der Waals surface area (Å²) >= 11 is 3.24. The molecular formula is C12H17BrN2O3. The molecule has 18 heavy (non-hydrogen) atoms. The van der Waals surface area contributed by atoms with Crippen LogP contribution in [0.2, 0.25) is 0 Å². The molecule has 1 rings (SSSR count). The van der Waals surface area contributed by atoms with Gasteiger partial charge in [0.15, 0.2) is 0 Å². The number of pyridine rings is 1. The van der Waals surface area contributed by atoms with E-state index in [1.54, 1.807) is 33.0 Å². The molecule has 0 saturated carbocycles. The van der Waals surface area contributed by atoms with Crippen LogP contribution in [0.3, 0.4) is 0 Å². The number of nitrogens with one attached hydrogen (secondary N) is 1. The van der Waals surface area contributed by atoms with Gasteiger partial charge in [-0.2, -0.15) is 0 Å². The van der Waals surface area contributed by atoms with E-state index < -0.39 is 11.6 Å². The first kappa shape index (κ1) is 14.9. The van der Waals surface area contributed by atoms with Crippen LogP contribution in [0.4, 0.5) is 0 Å². The molecule has 0 aliphatic heterocycles. The van der Waals surface area contributed by atoms with Crippen molar-refractivity contribution in [2.75, 3.05) is 0 Å². The molecule has 0 spiro atoms. The topological polar surface area (TPSA) is 71.3 Å². The second-order valence-electron chi connectivity index (χ2n) is 4.76. The first-order valence-corrected chi connectivity index (χ1v) is 6.37. The first-order valence-electron chi connectivity index (χ1n) is 5.57. The highest BCUT2D eigenvalue weighted by atomic mass is 79.9. The Kier molecular flexibility index (Phi) is 4.70. The molecule has 0 fully saturated rings. The monoisotopic (exact) mass is 316 g/mol. The maximum absolute atomic E-state index is 11.8. The maximum Gasteiger partial charge on any atom is 0.251 e. The Morgan fingerprint density at radius 2 is 2.17 bits per heavy atom. The minimum absolute atomic E-state index is 0.0750. The number of carbonyl (C=O) groups is 1. The van der Waals surface area contributed by atoms with E-state index in [1.165, 1.54) is 10.6 Å². The molecule has 1 atom stereocenters. The molecule has 0 aliphatic carbocycles. The van der Waals surface area contributed by atoms with Gasteiger partial charge >= 0.3 is 0 Å². The van der Waals surface area contributed by atoms with Gasteiger partial charge in [0.2, 0.25) is 5.91 Å². The van der Waals surface area contributed by atoms with Gasteiger partial charge in [0.05, 0.1) is 11.6 Å². The van der Waals surface area contributed by atoms with E-state index in [0.29, 0.717) is 0 Å². The van der Waals surface area contributed by atoms with Crippen LogP contribution >= 0.6 is 15.9 Å². The fraction of sp³-hybridized carbons (Fsp3) is 0.500. The molecule has 1 heterocycles. The molecule has 0 saturated heterocycles. The van der Waals surface area contributed by atoms with Crippen molar-refractivity contribution in [3.05, 3.63) is 33.2 Å². The Labute approximate surface area is 114 Å². The molecule has 1 aromatic heterocycles. The Bertz CT molecular complexity index is 494. The normalized spacial score (nSPS) is 13.2. The Hall–Kier alpha value is -1.14. The van der Waals surface area contributed by atoms with Gasteiger partial charge in [-0.1, -0.05) is 0 Å². The highest BCUT2D eigenvalue weighted by molar-refractivity contribution is 9.10. The zero-order valence-corrected chi connectivity index (χ0v) is 12.2. The lowest BCUT2D eigenvalue weighted by atomic mass is 9.99. The first-order chi connectivity index (χ1) is 8.22. The number of carbonyl (C=O) groups excluding carboxylic acids is 1. The molecule has 100 valence electrons. The minimum Gasteiger partial charge on any atom is -0.391 e. The fourth-order valence-electron chi connectivity index (χ4n) is 1.28. The van der Waals surface area contributed by atoms with Crippen LogP contribution in [-0.2, 0) is 11.3 Å². The van der Waals surface area contributed by atoms with Crippen LogP contribution in [0.25, 0.3) is 0 Å². The Morgan fingerprint density at radius 3 is 2.72 bits per heavy atom. The lowest BCUT2D eigenvalue weighted by molar-refractivity contribution is -0.124. The number of rotatable bonds is 4. The van der Waals surface area contributed by atoms with Gasteiger partial charge in [0, 0.05) is 16.7 Å². The van der Waals surface area contributed by atoms with Crippen LogP contribution in [-0.4, -0.2) is 27.2 Å². The summed E-state index contributed by atoms with van der Waals surface area (Å²) in [4.78, 5) is 23.3. The SMILES string of the molecule is CC(O)C(C)(C)NC(=O)Cn1cc(Br)ccc1=O. The van der Waals surface area contributed by atoms with Gasteiger partial charge < -0.3 is 15.0 Å². The van der Waals surface area contributed by atoms with Crippen molar-refractivity contribution >= 4 is 21.8 Å². The smallest absolute Gasteiger partial charge is 0.251 e. The molecule has 2 N–H and O–H groups in total. The quantitative estimate of drug-likeness (QED) is 0.866. The second kappa shape index (κ2) is 5.67. The van der Waals surface area contributed by atoms with Crippen molar-refractivity contribution in [3.8, 4) is 0 Å². The molecule has 1 aromatic rings. The van der Waals surface area contributed by atoms with E-state index in [-0.39, 0.29) is 18.0 Å². The second-order valence-corrected chi connectivity index (χ2v) is 5.67. The average molecular weight is 317 g/mol. The van der Waals surface area contributed by atoms with Crippen molar-refractivity contribution in [2.24, 2.45) is 0 Å². The number of aromatic nitrogens is 1. The van der Waals surface area contributed by atoms with Gasteiger partial charge in [0.1, 0.15) is 6.54 Å². The number of halogens is 1. The predicted molar refractivity (Wildman–Crippen MR) is 72.3 cm³/mol. The summed E-state index contributed by atoms with van der Waals surface area (Å²) in [5.74, 6) is -0.318. The summed E-state index contributed by atoms with van der Waals surface area (Å²) in [6, 6.07) is 3.01. The summed E-state index contributed by atoms with van der Waals surface area (Å²) in [6.07, 6.45) is 0.873. The van der Waals surface area contributed by atoms with Gasteiger partial charge in [-0.15, -0.1) is 0 Å². The number of nitrogens with zero attached hydrogens (tertiary/aromatic N) is 1. The average Bonchev–Trinajstić information content (AvgIpc) is 2.22. The van der Waals surface area contributed by atoms with E-state index in [9.17, 15) is 14.7 Å². The third-order valence-electron chi connectivity index (χ3n) is 2.77. The molecule has 0 radical (unpaired) electrons.